The third-order valence-corrected chi connectivity index (χ3v) is 2.78. The molecule has 0 aliphatic heterocycles. The summed E-state index contributed by atoms with van der Waals surface area (Å²) in [4.78, 5) is 1.17. The topological polar surface area (TPSA) is 46.2 Å². The molecule has 1 unspecified atom stereocenters. The van der Waals surface area contributed by atoms with Crippen molar-refractivity contribution in [3.8, 4) is 0 Å². The van der Waals surface area contributed by atoms with Gasteiger partial charge in [-0.3, -0.25) is 0 Å². The molecule has 0 saturated carbocycles. The third kappa shape index (κ3) is 2.46. The molecule has 13 heavy (non-hydrogen) atoms. The molecule has 3 heteroatoms. The molecular weight excluding hydrogens is 182 g/mol. The van der Waals surface area contributed by atoms with Crippen LogP contribution in [-0.4, -0.2) is 18.0 Å². The van der Waals surface area contributed by atoms with E-state index >= 15 is 0 Å². The second kappa shape index (κ2) is 4.13. The monoisotopic (exact) mass is 197 g/mol. The summed E-state index contributed by atoms with van der Waals surface area (Å²) >= 11 is 1.67. The van der Waals surface area contributed by atoms with Gasteiger partial charge in [0, 0.05) is 4.90 Å². The van der Waals surface area contributed by atoms with E-state index in [1.54, 1.807) is 11.8 Å². The molecular formula is C10H15NOS. The van der Waals surface area contributed by atoms with Crippen LogP contribution in [0, 0.1) is 0 Å². The van der Waals surface area contributed by atoms with Crippen molar-refractivity contribution in [2.45, 2.75) is 17.4 Å². The van der Waals surface area contributed by atoms with Crippen LogP contribution in [0.1, 0.15) is 12.5 Å². The van der Waals surface area contributed by atoms with Gasteiger partial charge in [-0.1, -0.05) is 12.1 Å². The zero-order valence-electron chi connectivity index (χ0n) is 7.95. The Bertz CT molecular complexity index is 286. The highest BCUT2D eigenvalue weighted by atomic mass is 32.2. The van der Waals surface area contributed by atoms with E-state index in [-0.39, 0.29) is 6.61 Å². The summed E-state index contributed by atoms with van der Waals surface area (Å²) in [5.74, 6) is 0. The zero-order valence-corrected chi connectivity index (χ0v) is 8.77. The normalized spacial score (nSPS) is 15.4. The van der Waals surface area contributed by atoms with Gasteiger partial charge in [-0.25, -0.2) is 0 Å². The summed E-state index contributed by atoms with van der Waals surface area (Å²) in [5.41, 5.74) is 6.24. The van der Waals surface area contributed by atoms with Gasteiger partial charge in [-0.05, 0) is 30.9 Å². The number of hydrogen-bond donors (Lipinski definition) is 2. The average molecular weight is 197 g/mol. The maximum Gasteiger partial charge on any atom is 0.0650 e. The van der Waals surface area contributed by atoms with Crippen molar-refractivity contribution in [1.29, 1.82) is 0 Å². The molecule has 3 N–H and O–H groups in total. The third-order valence-electron chi connectivity index (χ3n) is 2.06. The van der Waals surface area contributed by atoms with Crippen molar-refractivity contribution in [2.75, 3.05) is 12.9 Å². The van der Waals surface area contributed by atoms with E-state index in [4.69, 9.17) is 10.8 Å². The minimum atomic E-state index is -0.633. The molecule has 0 aliphatic rings. The largest absolute Gasteiger partial charge is 0.394 e. The van der Waals surface area contributed by atoms with Crippen LogP contribution < -0.4 is 5.73 Å². The van der Waals surface area contributed by atoms with E-state index in [1.807, 2.05) is 37.4 Å². The summed E-state index contributed by atoms with van der Waals surface area (Å²) in [6.45, 7) is 1.79. The van der Waals surface area contributed by atoms with E-state index in [2.05, 4.69) is 0 Å². The Morgan fingerprint density at radius 1 is 1.54 bits per heavy atom. The minimum absolute atomic E-state index is 0.0369. The first kappa shape index (κ1) is 10.6. The van der Waals surface area contributed by atoms with Crippen LogP contribution in [0.4, 0.5) is 0 Å². The Kier molecular flexibility index (Phi) is 3.36. The van der Waals surface area contributed by atoms with Gasteiger partial charge < -0.3 is 10.8 Å². The smallest absolute Gasteiger partial charge is 0.0650 e. The number of aliphatic hydroxyl groups excluding tert-OH is 1. The first-order chi connectivity index (χ1) is 6.10. The number of benzene rings is 1. The van der Waals surface area contributed by atoms with E-state index in [0.29, 0.717) is 0 Å². The van der Waals surface area contributed by atoms with Gasteiger partial charge in [0.25, 0.3) is 0 Å². The molecule has 0 spiro atoms. The summed E-state index contributed by atoms with van der Waals surface area (Å²) in [7, 11) is 0. The number of nitrogens with two attached hydrogens (primary N) is 1. The maximum atomic E-state index is 9.08. The maximum absolute atomic E-state index is 9.08. The van der Waals surface area contributed by atoms with Crippen molar-refractivity contribution in [1.82, 2.24) is 0 Å². The fraction of sp³-hybridized carbons (Fsp3) is 0.400. The predicted molar refractivity (Wildman–Crippen MR) is 56.8 cm³/mol. The van der Waals surface area contributed by atoms with Crippen molar-refractivity contribution < 1.29 is 5.11 Å². The fourth-order valence-electron chi connectivity index (χ4n) is 1.07. The highest BCUT2D eigenvalue weighted by molar-refractivity contribution is 7.98. The van der Waals surface area contributed by atoms with Crippen LogP contribution in [-0.2, 0) is 5.54 Å². The standard InChI is InChI=1S/C10H15NOS/c1-10(11,7-12)8-4-3-5-9(6-8)13-2/h3-6,12H,7,11H2,1-2H3. The SMILES string of the molecule is CSc1cccc(C(C)(N)CO)c1. The van der Waals surface area contributed by atoms with E-state index in [9.17, 15) is 0 Å². The minimum Gasteiger partial charge on any atom is -0.394 e. The summed E-state index contributed by atoms with van der Waals surface area (Å²) in [6, 6.07) is 7.94. The highest BCUT2D eigenvalue weighted by Crippen LogP contribution is 2.22. The van der Waals surface area contributed by atoms with Crippen molar-refractivity contribution in [2.24, 2.45) is 5.73 Å². The van der Waals surface area contributed by atoms with Crippen LogP contribution in [0.2, 0.25) is 0 Å². The molecule has 0 aliphatic carbocycles. The summed E-state index contributed by atoms with van der Waals surface area (Å²) in [5, 5.41) is 9.08. The van der Waals surface area contributed by atoms with E-state index in [1.165, 1.54) is 4.90 Å². The van der Waals surface area contributed by atoms with Crippen molar-refractivity contribution in [3.63, 3.8) is 0 Å². The lowest BCUT2D eigenvalue weighted by atomic mass is 9.94. The second-order valence-electron chi connectivity index (χ2n) is 3.31. The molecule has 72 valence electrons. The van der Waals surface area contributed by atoms with Gasteiger partial charge in [-0.15, -0.1) is 11.8 Å². The highest BCUT2D eigenvalue weighted by Gasteiger charge is 2.19. The number of thioether (sulfide) groups is 1. The predicted octanol–water partition coefficient (Wildman–Crippen LogP) is 1.57. The number of hydrogen-bond acceptors (Lipinski definition) is 3. The zero-order chi connectivity index (χ0) is 9.90. The molecule has 0 fully saturated rings. The van der Waals surface area contributed by atoms with Gasteiger partial charge in [-0.2, -0.15) is 0 Å². The molecule has 0 bridgehead atoms. The number of rotatable bonds is 3. The van der Waals surface area contributed by atoms with Crippen LogP contribution in [0.15, 0.2) is 29.2 Å². The molecule has 1 rings (SSSR count). The first-order valence-electron chi connectivity index (χ1n) is 4.14. The van der Waals surface area contributed by atoms with Gasteiger partial charge in [0.05, 0.1) is 12.1 Å². The lowest BCUT2D eigenvalue weighted by molar-refractivity contribution is 0.210. The molecule has 1 atom stereocenters. The second-order valence-corrected chi connectivity index (χ2v) is 4.19. The fourth-order valence-corrected chi connectivity index (χ4v) is 1.53. The van der Waals surface area contributed by atoms with Crippen molar-refractivity contribution >= 4 is 11.8 Å². The average Bonchev–Trinajstić information content (AvgIpc) is 2.18. The molecule has 1 aromatic carbocycles. The lowest BCUT2D eigenvalue weighted by Crippen LogP contribution is -2.36. The molecule has 2 nitrogen and oxygen atoms in total. The quantitative estimate of drug-likeness (QED) is 0.723. The van der Waals surface area contributed by atoms with Gasteiger partial charge in [0.15, 0.2) is 0 Å². The first-order valence-corrected chi connectivity index (χ1v) is 5.37. The molecule has 0 aromatic heterocycles. The Balaban J connectivity index is 3.01. The molecule has 0 saturated heterocycles. The van der Waals surface area contributed by atoms with Gasteiger partial charge in [0.1, 0.15) is 0 Å². The van der Waals surface area contributed by atoms with Crippen LogP contribution in [0.3, 0.4) is 0 Å². The van der Waals surface area contributed by atoms with E-state index in [0.717, 1.165) is 5.56 Å². The van der Waals surface area contributed by atoms with E-state index < -0.39 is 5.54 Å². The molecule has 1 aromatic rings. The van der Waals surface area contributed by atoms with Crippen molar-refractivity contribution in [3.05, 3.63) is 29.8 Å². The molecule has 0 amide bonds. The molecule has 0 heterocycles. The van der Waals surface area contributed by atoms with Crippen LogP contribution in [0.5, 0.6) is 0 Å². The van der Waals surface area contributed by atoms with Crippen LogP contribution in [0.25, 0.3) is 0 Å². The Labute approximate surface area is 83.1 Å². The van der Waals surface area contributed by atoms with Crippen LogP contribution >= 0.6 is 11.8 Å². The Hall–Kier alpha value is -0.510. The summed E-state index contributed by atoms with van der Waals surface area (Å²) < 4.78 is 0. The lowest BCUT2D eigenvalue weighted by Gasteiger charge is -2.22. The van der Waals surface area contributed by atoms with Gasteiger partial charge in [0.2, 0.25) is 0 Å². The molecule has 0 radical (unpaired) electrons. The summed E-state index contributed by atoms with van der Waals surface area (Å²) in [6.07, 6.45) is 2.02. The van der Waals surface area contributed by atoms with Gasteiger partial charge >= 0.3 is 0 Å². The Morgan fingerprint density at radius 3 is 2.77 bits per heavy atom. The number of aliphatic hydroxyl groups is 1. The Morgan fingerprint density at radius 2 is 2.23 bits per heavy atom.